The Balaban J connectivity index is 2.12. The van der Waals surface area contributed by atoms with Crippen molar-refractivity contribution in [2.75, 3.05) is 18.6 Å². The van der Waals surface area contributed by atoms with Crippen molar-refractivity contribution in [3.8, 4) is 0 Å². The molecule has 1 aliphatic heterocycles. The minimum absolute atomic E-state index is 0.0130. The molecule has 2 aromatic rings. The molecular formula is C21H20N4O6S. The van der Waals surface area contributed by atoms with Crippen LogP contribution in [0, 0.1) is 0 Å². The highest BCUT2D eigenvalue weighted by atomic mass is 32.2. The number of para-hydroxylation sites is 1. The highest BCUT2D eigenvalue weighted by Gasteiger charge is 2.36. The van der Waals surface area contributed by atoms with Crippen molar-refractivity contribution in [2.45, 2.75) is 20.4 Å². The summed E-state index contributed by atoms with van der Waals surface area (Å²) in [5, 5.41) is 0.176. The van der Waals surface area contributed by atoms with Crippen LogP contribution in [0.3, 0.4) is 0 Å². The van der Waals surface area contributed by atoms with Gasteiger partial charge in [0.15, 0.2) is 16.7 Å². The average molecular weight is 456 g/mol. The van der Waals surface area contributed by atoms with Gasteiger partial charge in [-0.3, -0.25) is 14.5 Å². The molecule has 3 rings (SSSR count). The van der Waals surface area contributed by atoms with Crippen LogP contribution in [0.25, 0.3) is 0 Å². The quantitative estimate of drug-likeness (QED) is 0.460. The van der Waals surface area contributed by atoms with Crippen LogP contribution in [0.2, 0.25) is 0 Å². The Labute approximate surface area is 187 Å². The molecule has 10 nitrogen and oxygen atoms in total. The number of carbonyl (C=O) groups excluding carboxylic acids is 4. The van der Waals surface area contributed by atoms with E-state index in [0.29, 0.717) is 5.69 Å². The van der Waals surface area contributed by atoms with Crippen LogP contribution in [0.15, 0.2) is 52.6 Å². The topological polar surface area (TPSA) is 120 Å². The number of benzene rings is 1. The Morgan fingerprint density at radius 3 is 2.56 bits per heavy atom. The Bertz CT molecular complexity index is 1120. The van der Waals surface area contributed by atoms with E-state index in [9.17, 15) is 19.2 Å². The predicted octanol–water partition coefficient (Wildman–Crippen LogP) is 2.47. The van der Waals surface area contributed by atoms with Gasteiger partial charge < -0.3 is 14.0 Å². The van der Waals surface area contributed by atoms with Crippen molar-refractivity contribution in [2.24, 2.45) is 4.99 Å². The average Bonchev–Trinajstić information content (AvgIpc) is 3.28. The second-order valence-electron chi connectivity index (χ2n) is 6.47. The number of aromatic nitrogens is 2. The first-order valence-corrected chi connectivity index (χ1v) is 10.3. The molecule has 11 heteroatoms. The second-order valence-corrected chi connectivity index (χ2v) is 7.48. The minimum atomic E-state index is -0.698. The van der Waals surface area contributed by atoms with Gasteiger partial charge >= 0.3 is 11.9 Å². The summed E-state index contributed by atoms with van der Waals surface area (Å²) < 4.78 is 11.1. The number of Topliss-reactive ketones (excluding diaryl/α,β-unsaturated/α-hetero) is 1. The summed E-state index contributed by atoms with van der Waals surface area (Å²) in [6.45, 7) is 3.07. The third kappa shape index (κ3) is 4.94. The molecule has 0 aliphatic carbocycles. The summed E-state index contributed by atoms with van der Waals surface area (Å²) in [5.74, 6) is -2.07. The molecule has 2 heterocycles. The first-order valence-electron chi connectivity index (χ1n) is 9.53. The summed E-state index contributed by atoms with van der Waals surface area (Å²) >= 11 is 0.936. The smallest absolute Gasteiger partial charge is 0.358 e. The number of ether oxygens (including phenoxy) is 2. The maximum atomic E-state index is 13.0. The van der Waals surface area contributed by atoms with Crippen LogP contribution in [0.4, 0.5) is 11.5 Å². The second kappa shape index (κ2) is 10.1. The van der Waals surface area contributed by atoms with Crippen molar-refractivity contribution in [1.29, 1.82) is 0 Å². The molecule has 1 amide bonds. The molecule has 0 spiro atoms. The van der Waals surface area contributed by atoms with E-state index in [1.807, 2.05) is 0 Å². The van der Waals surface area contributed by atoms with Gasteiger partial charge in [-0.05, 0) is 37.7 Å². The monoisotopic (exact) mass is 456 g/mol. The number of ketones is 1. The van der Waals surface area contributed by atoms with Gasteiger partial charge in [0.2, 0.25) is 0 Å². The summed E-state index contributed by atoms with van der Waals surface area (Å²) in [4.78, 5) is 58.9. The molecule has 1 fully saturated rings. The van der Waals surface area contributed by atoms with Gasteiger partial charge in [0.1, 0.15) is 5.78 Å². The number of hydrogen-bond acceptors (Lipinski definition) is 9. The lowest BCUT2D eigenvalue weighted by Gasteiger charge is -2.15. The zero-order valence-electron chi connectivity index (χ0n) is 17.6. The number of thioether (sulfide) groups is 1. The van der Waals surface area contributed by atoms with Gasteiger partial charge in [-0.25, -0.2) is 19.6 Å². The molecule has 0 radical (unpaired) electrons. The van der Waals surface area contributed by atoms with Crippen LogP contribution in [0.5, 0.6) is 0 Å². The molecule has 1 saturated heterocycles. The number of rotatable bonds is 7. The van der Waals surface area contributed by atoms with Crippen LogP contribution in [0.1, 0.15) is 24.3 Å². The zero-order valence-corrected chi connectivity index (χ0v) is 18.4. The number of aliphatic imine (C=N–C) groups is 1. The van der Waals surface area contributed by atoms with E-state index in [-0.39, 0.29) is 40.5 Å². The zero-order chi connectivity index (χ0) is 23.3. The van der Waals surface area contributed by atoms with Gasteiger partial charge in [0.05, 0.1) is 37.2 Å². The highest BCUT2D eigenvalue weighted by Crippen LogP contribution is 2.36. The summed E-state index contributed by atoms with van der Waals surface area (Å²) in [5.41, 5.74) is 0.499. The van der Waals surface area contributed by atoms with Crippen molar-refractivity contribution < 1.29 is 28.7 Å². The number of imidazole rings is 1. The van der Waals surface area contributed by atoms with Gasteiger partial charge in [-0.2, -0.15) is 0 Å². The Morgan fingerprint density at radius 2 is 1.94 bits per heavy atom. The SMILES string of the molecule is CCOC(=O)c1c(/N=C2\S/C(=C\C(=O)OC)C(=O)N2c2ccccc2)ncn1CC(C)=O. The molecule has 0 bridgehead atoms. The van der Waals surface area contributed by atoms with Crippen LogP contribution >= 0.6 is 11.8 Å². The predicted molar refractivity (Wildman–Crippen MR) is 118 cm³/mol. The Kier molecular flexibility index (Phi) is 7.21. The van der Waals surface area contributed by atoms with E-state index in [1.165, 1.54) is 29.8 Å². The molecule has 32 heavy (non-hydrogen) atoms. The standard InChI is InChI=1S/C21H20N4O6S/c1-4-31-20(29)17-18(22-12-24(17)11-13(2)26)23-21-25(14-8-6-5-7-9-14)19(28)15(32-21)10-16(27)30-3/h5-10,12H,4,11H2,1-3H3/b15-10-,23-21-. The van der Waals surface area contributed by atoms with E-state index in [1.54, 1.807) is 37.3 Å². The first-order chi connectivity index (χ1) is 15.3. The number of methoxy groups -OCH3 is 1. The normalized spacial score (nSPS) is 16.0. The number of anilines is 1. The van der Waals surface area contributed by atoms with Crippen molar-refractivity contribution >= 4 is 52.1 Å². The molecule has 1 aliphatic rings. The van der Waals surface area contributed by atoms with Gasteiger partial charge in [0, 0.05) is 6.08 Å². The third-order valence-corrected chi connectivity index (χ3v) is 5.12. The summed E-state index contributed by atoms with van der Waals surface area (Å²) in [6, 6.07) is 8.70. The largest absolute Gasteiger partial charge is 0.466 e. The number of hydrogen-bond donors (Lipinski definition) is 0. The Morgan fingerprint density at radius 1 is 1.22 bits per heavy atom. The fourth-order valence-corrected chi connectivity index (χ4v) is 3.77. The van der Waals surface area contributed by atoms with E-state index >= 15 is 0 Å². The molecule has 0 unspecified atom stereocenters. The summed E-state index contributed by atoms with van der Waals surface area (Å²) in [7, 11) is 1.21. The number of amides is 1. The lowest BCUT2D eigenvalue weighted by atomic mass is 10.3. The molecule has 0 saturated carbocycles. The molecule has 0 atom stereocenters. The maximum Gasteiger partial charge on any atom is 0.358 e. The summed E-state index contributed by atoms with van der Waals surface area (Å²) in [6.07, 6.45) is 2.39. The fourth-order valence-electron chi connectivity index (χ4n) is 2.83. The lowest BCUT2D eigenvalue weighted by Crippen LogP contribution is -2.28. The first kappa shape index (κ1) is 22.9. The van der Waals surface area contributed by atoms with Crippen molar-refractivity contribution in [3.05, 3.63) is 53.3 Å². The number of amidine groups is 1. The van der Waals surface area contributed by atoms with Crippen LogP contribution in [-0.2, 0) is 30.4 Å². The van der Waals surface area contributed by atoms with E-state index in [0.717, 1.165) is 17.8 Å². The minimum Gasteiger partial charge on any atom is -0.466 e. The van der Waals surface area contributed by atoms with Crippen molar-refractivity contribution in [1.82, 2.24) is 9.55 Å². The van der Waals surface area contributed by atoms with Gasteiger partial charge in [-0.15, -0.1) is 0 Å². The van der Waals surface area contributed by atoms with Gasteiger partial charge in [-0.1, -0.05) is 18.2 Å². The number of esters is 2. The van der Waals surface area contributed by atoms with E-state index in [4.69, 9.17) is 4.74 Å². The highest BCUT2D eigenvalue weighted by molar-refractivity contribution is 8.19. The number of carbonyl (C=O) groups is 4. The molecule has 166 valence electrons. The molecular weight excluding hydrogens is 436 g/mol. The fraction of sp³-hybridized carbons (Fsp3) is 0.238. The van der Waals surface area contributed by atoms with Gasteiger partial charge in [0.25, 0.3) is 5.91 Å². The molecule has 1 aromatic carbocycles. The lowest BCUT2D eigenvalue weighted by molar-refractivity contribution is -0.135. The Hall–Kier alpha value is -3.73. The van der Waals surface area contributed by atoms with Crippen LogP contribution in [-0.4, -0.2) is 52.1 Å². The van der Waals surface area contributed by atoms with E-state index in [2.05, 4.69) is 14.7 Å². The van der Waals surface area contributed by atoms with E-state index < -0.39 is 17.8 Å². The van der Waals surface area contributed by atoms with Crippen molar-refractivity contribution in [3.63, 3.8) is 0 Å². The number of nitrogens with zero attached hydrogens (tertiary/aromatic N) is 4. The third-order valence-electron chi connectivity index (χ3n) is 4.15. The van der Waals surface area contributed by atoms with Crippen LogP contribution < -0.4 is 4.90 Å². The molecule has 1 aromatic heterocycles. The maximum absolute atomic E-state index is 13.0. The molecule has 0 N–H and O–H groups in total.